The minimum atomic E-state index is -0.556. The Balaban J connectivity index is 1.85. The maximum absolute atomic E-state index is 11.9. The first-order valence-corrected chi connectivity index (χ1v) is 7.50. The molecular formula is C15H17N3O2S. The zero-order valence-electron chi connectivity index (χ0n) is 11.7. The van der Waals surface area contributed by atoms with Crippen LogP contribution in [0.4, 0.5) is 0 Å². The molecule has 6 heteroatoms. The number of hydrogen-bond donors (Lipinski definition) is 2. The number of nitrogens with zero attached hydrogens (tertiary/aromatic N) is 1. The average Bonchev–Trinajstić information content (AvgIpc) is 2.97. The summed E-state index contributed by atoms with van der Waals surface area (Å²) in [4.78, 5) is 28.1. The summed E-state index contributed by atoms with van der Waals surface area (Å²) in [5.41, 5.74) is 5.69. The summed E-state index contributed by atoms with van der Waals surface area (Å²) < 4.78 is 0. The van der Waals surface area contributed by atoms with Crippen LogP contribution in [0.25, 0.3) is 0 Å². The van der Waals surface area contributed by atoms with Gasteiger partial charge in [0.1, 0.15) is 5.69 Å². The molecule has 2 rings (SSSR count). The van der Waals surface area contributed by atoms with Gasteiger partial charge in [0.15, 0.2) is 0 Å². The molecule has 2 heterocycles. The molecule has 2 aromatic heterocycles. The molecule has 3 N–H and O–H groups in total. The molecule has 5 nitrogen and oxygen atoms in total. The van der Waals surface area contributed by atoms with E-state index in [4.69, 9.17) is 5.73 Å². The van der Waals surface area contributed by atoms with Crippen molar-refractivity contribution in [1.29, 1.82) is 0 Å². The van der Waals surface area contributed by atoms with Gasteiger partial charge in [0.25, 0.3) is 5.91 Å². The van der Waals surface area contributed by atoms with E-state index in [0.717, 1.165) is 6.42 Å². The number of rotatable bonds is 6. The first kappa shape index (κ1) is 15.2. The lowest BCUT2D eigenvalue weighted by atomic mass is 10.1. The van der Waals surface area contributed by atoms with Crippen LogP contribution in [0.1, 0.15) is 32.6 Å². The molecule has 1 unspecified atom stereocenters. The van der Waals surface area contributed by atoms with Crippen molar-refractivity contribution in [3.05, 3.63) is 52.0 Å². The number of nitrogens with one attached hydrogen (secondary N) is 1. The molecule has 2 amide bonds. The Bertz CT molecular complexity index is 608. The van der Waals surface area contributed by atoms with Gasteiger partial charge in [-0.1, -0.05) is 13.0 Å². The predicted octanol–water partition coefficient (Wildman–Crippen LogP) is 1.85. The summed E-state index contributed by atoms with van der Waals surface area (Å²) >= 11 is 1.72. The van der Waals surface area contributed by atoms with Gasteiger partial charge < -0.3 is 11.1 Å². The SMILES string of the molecule is CC(CNC(=O)c1ccc(C(N)=O)cn1)Cc1cccs1. The smallest absolute Gasteiger partial charge is 0.269 e. The van der Waals surface area contributed by atoms with Crippen LogP contribution in [0.3, 0.4) is 0 Å². The molecule has 0 aromatic carbocycles. The summed E-state index contributed by atoms with van der Waals surface area (Å²) in [5, 5.41) is 4.89. The molecule has 110 valence electrons. The van der Waals surface area contributed by atoms with Crippen molar-refractivity contribution < 1.29 is 9.59 Å². The van der Waals surface area contributed by atoms with E-state index in [-0.39, 0.29) is 17.2 Å². The third-order valence-electron chi connectivity index (χ3n) is 3.02. The van der Waals surface area contributed by atoms with Crippen LogP contribution < -0.4 is 11.1 Å². The summed E-state index contributed by atoms with van der Waals surface area (Å²) in [6.07, 6.45) is 2.25. The fourth-order valence-electron chi connectivity index (χ4n) is 1.88. The van der Waals surface area contributed by atoms with Crippen molar-refractivity contribution in [1.82, 2.24) is 10.3 Å². The Labute approximate surface area is 127 Å². The number of carbonyl (C=O) groups excluding carboxylic acids is 2. The number of thiophene rings is 1. The summed E-state index contributed by atoms with van der Waals surface area (Å²) in [6.45, 7) is 2.67. The van der Waals surface area contributed by atoms with Crippen LogP contribution in [-0.2, 0) is 6.42 Å². The summed E-state index contributed by atoms with van der Waals surface area (Å²) in [5.74, 6) is -0.458. The molecule has 0 radical (unpaired) electrons. The number of hydrogen-bond acceptors (Lipinski definition) is 4. The maximum atomic E-state index is 11.9. The Morgan fingerprint density at radius 3 is 2.76 bits per heavy atom. The maximum Gasteiger partial charge on any atom is 0.269 e. The van der Waals surface area contributed by atoms with E-state index in [9.17, 15) is 9.59 Å². The molecular weight excluding hydrogens is 286 g/mol. The molecule has 21 heavy (non-hydrogen) atoms. The van der Waals surface area contributed by atoms with Gasteiger partial charge in [-0.25, -0.2) is 0 Å². The standard InChI is InChI=1S/C15H17N3O2S/c1-10(7-12-3-2-6-21-12)8-18-15(20)13-5-4-11(9-17-13)14(16)19/h2-6,9-10H,7-8H2,1H3,(H2,16,19)(H,18,20). The first-order chi connectivity index (χ1) is 10.1. The predicted molar refractivity (Wildman–Crippen MR) is 82.3 cm³/mol. The molecule has 0 aliphatic carbocycles. The molecule has 0 bridgehead atoms. The molecule has 2 aromatic rings. The molecule has 0 aliphatic rings. The lowest BCUT2D eigenvalue weighted by molar-refractivity contribution is 0.0940. The van der Waals surface area contributed by atoms with Crippen molar-refractivity contribution >= 4 is 23.2 Å². The fourth-order valence-corrected chi connectivity index (χ4v) is 2.75. The zero-order valence-corrected chi connectivity index (χ0v) is 12.5. The zero-order chi connectivity index (χ0) is 15.2. The minimum Gasteiger partial charge on any atom is -0.366 e. The topological polar surface area (TPSA) is 85.1 Å². The van der Waals surface area contributed by atoms with E-state index in [2.05, 4.69) is 23.3 Å². The monoisotopic (exact) mass is 303 g/mol. The van der Waals surface area contributed by atoms with Gasteiger partial charge in [0, 0.05) is 17.6 Å². The van der Waals surface area contributed by atoms with E-state index >= 15 is 0 Å². The van der Waals surface area contributed by atoms with Crippen LogP contribution in [0.15, 0.2) is 35.8 Å². The molecule has 0 saturated heterocycles. The summed E-state index contributed by atoms with van der Waals surface area (Å²) in [6, 6.07) is 7.11. The first-order valence-electron chi connectivity index (χ1n) is 6.62. The van der Waals surface area contributed by atoms with Crippen molar-refractivity contribution in [3.8, 4) is 0 Å². The largest absolute Gasteiger partial charge is 0.366 e. The van der Waals surface area contributed by atoms with E-state index in [1.165, 1.54) is 23.2 Å². The van der Waals surface area contributed by atoms with E-state index in [0.29, 0.717) is 12.5 Å². The highest BCUT2D eigenvalue weighted by molar-refractivity contribution is 7.09. The van der Waals surface area contributed by atoms with Crippen LogP contribution in [0, 0.1) is 5.92 Å². The molecule has 0 fully saturated rings. The van der Waals surface area contributed by atoms with Gasteiger partial charge in [-0.15, -0.1) is 11.3 Å². The Morgan fingerprint density at radius 1 is 1.38 bits per heavy atom. The van der Waals surface area contributed by atoms with Gasteiger partial charge in [0.2, 0.25) is 5.91 Å². The lowest BCUT2D eigenvalue weighted by Gasteiger charge is -2.11. The number of pyridine rings is 1. The van der Waals surface area contributed by atoms with Crippen LogP contribution >= 0.6 is 11.3 Å². The van der Waals surface area contributed by atoms with E-state index < -0.39 is 5.91 Å². The van der Waals surface area contributed by atoms with Crippen molar-refractivity contribution in [2.45, 2.75) is 13.3 Å². The number of amides is 2. The number of primary amides is 1. The fraction of sp³-hybridized carbons (Fsp3) is 0.267. The number of aromatic nitrogens is 1. The second-order valence-electron chi connectivity index (χ2n) is 4.90. The Kier molecular flexibility index (Phi) is 5.05. The van der Waals surface area contributed by atoms with Crippen LogP contribution in [-0.4, -0.2) is 23.3 Å². The molecule has 0 spiro atoms. The van der Waals surface area contributed by atoms with Gasteiger partial charge in [-0.05, 0) is 35.9 Å². The van der Waals surface area contributed by atoms with E-state index in [1.54, 1.807) is 11.3 Å². The second-order valence-corrected chi connectivity index (χ2v) is 5.93. The third-order valence-corrected chi connectivity index (χ3v) is 3.92. The van der Waals surface area contributed by atoms with Gasteiger partial charge >= 0.3 is 0 Å². The quantitative estimate of drug-likeness (QED) is 0.854. The van der Waals surface area contributed by atoms with Gasteiger partial charge in [0.05, 0.1) is 5.56 Å². The Hall–Kier alpha value is -2.21. The normalized spacial score (nSPS) is 11.9. The van der Waals surface area contributed by atoms with Gasteiger partial charge in [-0.3, -0.25) is 14.6 Å². The minimum absolute atomic E-state index is 0.246. The van der Waals surface area contributed by atoms with Gasteiger partial charge in [-0.2, -0.15) is 0 Å². The highest BCUT2D eigenvalue weighted by Gasteiger charge is 2.11. The highest BCUT2D eigenvalue weighted by Crippen LogP contribution is 2.13. The van der Waals surface area contributed by atoms with Crippen molar-refractivity contribution in [3.63, 3.8) is 0 Å². The molecule has 0 saturated carbocycles. The molecule has 1 atom stereocenters. The van der Waals surface area contributed by atoms with Crippen LogP contribution in [0.2, 0.25) is 0 Å². The average molecular weight is 303 g/mol. The third kappa shape index (κ3) is 4.39. The van der Waals surface area contributed by atoms with Crippen molar-refractivity contribution in [2.75, 3.05) is 6.54 Å². The number of nitrogens with two attached hydrogens (primary N) is 1. The van der Waals surface area contributed by atoms with Crippen LogP contribution in [0.5, 0.6) is 0 Å². The second kappa shape index (κ2) is 6.99. The number of carbonyl (C=O) groups is 2. The lowest BCUT2D eigenvalue weighted by Crippen LogP contribution is -2.29. The van der Waals surface area contributed by atoms with Crippen molar-refractivity contribution in [2.24, 2.45) is 11.7 Å². The Morgan fingerprint density at radius 2 is 2.19 bits per heavy atom. The summed E-state index contributed by atoms with van der Waals surface area (Å²) in [7, 11) is 0. The highest BCUT2D eigenvalue weighted by atomic mass is 32.1. The van der Waals surface area contributed by atoms with E-state index in [1.807, 2.05) is 11.4 Å². The molecule has 0 aliphatic heterocycles.